The third-order valence-corrected chi connectivity index (χ3v) is 0.812. The second kappa shape index (κ2) is 4.37. The fourth-order valence-electron chi connectivity index (χ4n) is 0.337. The van der Waals surface area contributed by atoms with E-state index in [2.05, 4.69) is 11.6 Å². The van der Waals surface area contributed by atoms with Gasteiger partial charge in [-0.3, -0.25) is 10.1 Å². The van der Waals surface area contributed by atoms with Crippen molar-refractivity contribution in [3.05, 3.63) is 12.7 Å². The molecule has 0 saturated heterocycles. The van der Waals surface area contributed by atoms with Gasteiger partial charge in [-0.15, -0.1) is 6.58 Å². The van der Waals surface area contributed by atoms with E-state index in [1.165, 1.54) is 7.05 Å². The molecular formula is C6H10NO. The Hall–Kier alpha value is -0.790. The van der Waals surface area contributed by atoms with Crippen LogP contribution < -0.4 is 0 Å². The number of hydrogen-bond donors (Lipinski definition) is 0. The summed E-state index contributed by atoms with van der Waals surface area (Å²) in [5, 5.41) is 10.4. The standard InChI is InChI=1S/C6H10NO/c1-3-4-5-6(8)7-2/h3H,1,4-5H2,2H3. The van der Waals surface area contributed by atoms with Crippen molar-refractivity contribution in [2.24, 2.45) is 4.99 Å². The average Bonchev–Trinajstić information content (AvgIpc) is 1.83. The third kappa shape index (κ3) is 3.40. The van der Waals surface area contributed by atoms with Crippen LogP contribution in [-0.4, -0.2) is 12.9 Å². The molecule has 0 N–H and O–H groups in total. The minimum Gasteiger partial charge on any atom is -0.273 e. The molecule has 45 valence electrons. The molecule has 0 aromatic heterocycles. The minimum absolute atomic E-state index is 0.0510. The van der Waals surface area contributed by atoms with Crippen molar-refractivity contribution in [2.75, 3.05) is 7.05 Å². The zero-order chi connectivity index (χ0) is 6.41. The molecule has 0 heterocycles. The first-order valence-corrected chi connectivity index (χ1v) is 2.54. The van der Waals surface area contributed by atoms with E-state index in [-0.39, 0.29) is 5.90 Å². The van der Waals surface area contributed by atoms with Crippen LogP contribution in [0.2, 0.25) is 0 Å². The molecule has 0 aromatic rings. The fraction of sp³-hybridized carbons (Fsp3) is 0.500. The lowest BCUT2D eigenvalue weighted by Crippen LogP contribution is -1.90. The van der Waals surface area contributed by atoms with E-state index in [0.717, 1.165) is 6.42 Å². The van der Waals surface area contributed by atoms with E-state index in [1.54, 1.807) is 6.08 Å². The lowest BCUT2D eigenvalue weighted by atomic mass is 10.3. The van der Waals surface area contributed by atoms with E-state index in [1.807, 2.05) is 0 Å². The van der Waals surface area contributed by atoms with Gasteiger partial charge in [-0.05, 0) is 6.42 Å². The molecule has 2 nitrogen and oxygen atoms in total. The highest BCUT2D eigenvalue weighted by Crippen LogP contribution is 1.89. The van der Waals surface area contributed by atoms with Crippen molar-refractivity contribution in [3.63, 3.8) is 0 Å². The summed E-state index contributed by atoms with van der Waals surface area (Å²) in [5.74, 6) is -0.0510. The lowest BCUT2D eigenvalue weighted by molar-refractivity contribution is 0.411. The smallest absolute Gasteiger partial charge is 0.241 e. The number of nitrogens with zero attached hydrogens (tertiary/aromatic N) is 1. The van der Waals surface area contributed by atoms with Crippen LogP contribution in [0, 0.1) is 0 Å². The van der Waals surface area contributed by atoms with Gasteiger partial charge in [-0.1, -0.05) is 6.08 Å². The Morgan fingerprint density at radius 2 is 2.50 bits per heavy atom. The Bertz CT molecular complexity index is 96.7. The molecule has 0 unspecified atom stereocenters. The summed E-state index contributed by atoms with van der Waals surface area (Å²) in [4.78, 5) is 3.44. The Morgan fingerprint density at radius 3 is 2.88 bits per heavy atom. The first kappa shape index (κ1) is 7.21. The predicted octanol–water partition coefficient (Wildman–Crippen LogP) is 1.41. The second-order valence-electron chi connectivity index (χ2n) is 1.44. The molecule has 0 amide bonds. The van der Waals surface area contributed by atoms with Crippen molar-refractivity contribution < 1.29 is 5.11 Å². The second-order valence-corrected chi connectivity index (χ2v) is 1.44. The quantitative estimate of drug-likeness (QED) is 0.300. The van der Waals surface area contributed by atoms with Crippen molar-refractivity contribution in [1.82, 2.24) is 0 Å². The van der Waals surface area contributed by atoms with Crippen molar-refractivity contribution in [3.8, 4) is 0 Å². The number of hydrogen-bond acceptors (Lipinski definition) is 1. The van der Waals surface area contributed by atoms with Crippen molar-refractivity contribution >= 4 is 5.90 Å². The summed E-state index contributed by atoms with van der Waals surface area (Å²) >= 11 is 0. The molecule has 0 rings (SSSR count). The molecule has 0 aliphatic heterocycles. The van der Waals surface area contributed by atoms with E-state index in [0.29, 0.717) is 6.42 Å². The lowest BCUT2D eigenvalue weighted by Gasteiger charge is -1.85. The van der Waals surface area contributed by atoms with E-state index >= 15 is 0 Å². The zero-order valence-electron chi connectivity index (χ0n) is 5.05. The van der Waals surface area contributed by atoms with Gasteiger partial charge in [0, 0.05) is 13.5 Å². The largest absolute Gasteiger partial charge is 0.273 e. The molecule has 0 aromatic carbocycles. The summed E-state index contributed by atoms with van der Waals surface area (Å²) in [5.41, 5.74) is 0. The minimum atomic E-state index is -0.0510. The summed E-state index contributed by atoms with van der Waals surface area (Å²) in [6.45, 7) is 3.47. The van der Waals surface area contributed by atoms with Gasteiger partial charge in [0.15, 0.2) is 0 Å². The first-order valence-electron chi connectivity index (χ1n) is 2.54. The van der Waals surface area contributed by atoms with Crippen LogP contribution in [0.3, 0.4) is 0 Å². The molecular weight excluding hydrogens is 102 g/mol. The van der Waals surface area contributed by atoms with Crippen LogP contribution in [-0.2, 0) is 5.11 Å². The van der Waals surface area contributed by atoms with Crippen LogP contribution in [0.5, 0.6) is 0 Å². The highest BCUT2D eigenvalue weighted by Gasteiger charge is 1.90. The Balaban J connectivity index is 3.24. The van der Waals surface area contributed by atoms with Gasteiger partial charge in [0.2, 0.25) is 5.90 Å². The van der Waals surface area contributed by atoms with E-state index in [9.17, 15) is 5.11 Å². The molecule has 0 bridgehead atoms. The molecule has 0 fully saturated rings. The molecule has 0 atom stereocenters. The molecule has 0 aliphatic rings. The molecule has 0 spiro atoms. The van der Waals surface area contributed by atoms with Crippen LogP contribution in [0.15, 0.2) is 17.6 Å². The molecule has 0 aliphatic carbocycles. The van der Waals surface area contributed by atoms with Gasteiger partial charge in [-0.25, -0.2) is 0 Å². The van der Waals surface area contributed by atoms with E-state index < -0.39 is 0 Å². The highest BCUT2D eigenvalue weighted by molar-refractivity contribution is 5.73. The van der Waals surface area contributed by atoms with Crippen LogP contribution in [0.25, 0.3) is 0 Å². The number of allylic oxidation sites excluding steroid dienone is 1. The molecule has 8 heavy (non-hydrogen) atoms. The van der Waals surface area contributed by atoms with Crippen molar-refractivity contribution in [2.45, 2.75) is 12.8 Å². The van der Waals surface area contributed by atoms with Gasteiger partial charge < -0.3 is 0 Å². The molecule has 1 radical (unpaired) electrons. The Kier molecular flexibility index (Phi) is 3.94. The topological polar surface area (TPSA) is 32.3 Å². The predicted molar refractivity (Wildman–Crippen MR) is 33.5 cm³/mol. The van der Waals surface area contributed by atoms with Gasteiger partial charge in [0.05, 0.1) is 0 Å². The SMILES string of the molecule is C=CCCC([O])=NC. The average molecular weight is 112 g/mol. The highest BCUT2D eigenvalue weighted by atomic mass is 16.3. The maximum Gasteiger partial charge on any atom is 0.241 e. The third-order valence-electron chi connectivity index (χ3n) is 0.812. The molecule has 0 saturated carbocycles. The Morgan fingerprint density at radius 1 is 1.88 bits per heavy atom. The number of rotatable bonds is 3. The monoisotopic (exact) mass is 112 g/mol. The van der Waals surface area contributed by atoms with Crippen LogP contribution in [0.1, 0.15) is 12.8 Å². The van der Waals surface area contributed by atoms with Gasteiger partial charge in [0.25, 0.3) is 0 Å². The zero-order valence-corrected chi connectivity index (χ0v) is 5.05. The van der Waals surface area contributed by atoms with Gasteiger partial charge in [-0.2, -0.15) is 0 Å². The van der Waals surface area contributed by atoms with Crippen molar-refractivity contribution in [1.29, 1.82) is 0 Å². The Labute approximate surface area is 49.6 Å². The van der Waals surface area contributed by atoms with E-state index in [4.69, 9.17) is 0 Å². The van der Waals surface area contributed by atoms with Gasteiger partial charge >= 0.3 is 0 Å². The number of aliphatic imine (C=N–C) groups is 1. The molecule has 2 heteroatoms. The fourth-order valence-corrected chi connectivity index (χ4v) is 0.337. The van der Waals surface area contributed by atoms with Crippen LogP contribution >= 0.6 is 0 Å². The van der Waals surface area contributed by atoms with Gasteiger partial charge in [0.1, 0.15) is 0 Å². The maximum atomic E-state index is 10.4. The summed E-state index contributed by atoms with van der Waals surface area (Å²) in [7, 11) is 1.51. The normalized spacial score (nSPS) is 11.4. The first-order chi connectivity index (χ1) is 3.81. The summed E-state index contributed by atoms with van der Waals surface area (Å²) < 4.78 is 0. The summed E-state index contributed by atoms with van der Waals surface area (Å²) in [6, 6.07) is 0. The maximum absolute atomic E-state index is 10.4. The van der Waals surface area contributed by atoms with Crippen LogP contribution in [0.4, 0.5) is 0 Å². The summed E-state index contributed by atoms with van der Waals surface area (Å²) in [6.07, 6.45) is 2.94.